The number of rotatable bonds is 2. The van der Waals surface area contributed by atoms with Gasteiger partial charge in [-0.25, -0.2) is 14.4 Å². The van der Waals surface area contributed by atoms with Crippen molar-refractivity contribution in [1.82, 2.24) is 10.0 Å². The van der Waals surface area contributed by atoms with Gasteiger partial charge in [-0.1, -0.05) is 18.2 Å². The van der Waals surface area contributed by atoms with Gasteiger partial charge in [0.25, 0.3) is 11.8 Å². The van der Waals surface area contributed by atoms with E-state index < -0.39 is 11.4 Å². The van der Waals surface area contributed by atoms with E-state index >= 15 is 0 Å². The van der Waals surface area contributed by atoms with Crippen LogP contribution in [0.15, 0.2) is 54.6 Å². The summed E-state index contributed by atoms with van der Waals surface area (Å²) in [7, 11) is 1.56. The number of carbonyl (C=O) groups excluding carboxylic acids is 2. The van der Waals surface area contributed by atoms with E-state index in [1.54, 1.807) is 31.3 Å². The summed E-state index contributed by atoms with van der Waals surface area (Å²) in [5.41, 5.74) is 0.171. The van der Waals surface area contributed by atoms with Crippen LogP contribution in [0.3, 0.4) is 0 Å². The minimum absolute atomic E-state index is 0.291. The molecule has 0 spiro atoms. The van der Waals surface area contributed by atoms with Crippen LogP contribution in [-0.4, -0.2) is 34.4 Å². The Morgan fingerprint density at radius 2 is 1.33 bits per heavy atom. The molecule has 0 unspecified atom stereocenters. The summed E-state index contributed by atoms with van der Waals surface area (Å²) in [6.45, 7) is 5.51. The van der Waals surface area contributed by atoms with Crippen molar-refractivity contribution in [3.63, 3.8) is 0 Å². The molecule has 0 saturated carbocycles. The molecule has 0 fully saturated rings. The summed E-state index contributed by atoms with van der Waals surface area (Å²) in [6.07, 6.45) is 0. The van der Waals surface area contributed by atoms with Gasteiger partial charge in [-0.05, 0) is 57.2 Å². The Hall–Kier alpha value is -2.69. The quantitative estimate of drug-likeness (QED) is 0.788. The first-order valence-corrected chi connectivity index (χ1v) is 7.65. The topological polar surface area (TPSA) is 40.6 Å². The standard InChI is InChI=1S/C19H21FN2O2/c1-19(2,3)22(18(24)15-10-12-16(20)13-11-15)21(4)17(23)14-8-6-5-7-9-14/h5-13H,1-4H3. The second-order valence-electron chi connectivity index (χ2n) is 6.49. The lowest BCUT2D eigenvalue weighted by Gasteiger charge is -2.41. The van der Waals surface area contributed by atoms with E-state index in [-0.39, 0.29) is 11.8 Å². The van der Waals surface area contributed by atoms with Crippen LogP contribution in [0, 0.1) is 5.82 Å². The normalized spacial score (nSPS) is 11.0. The van der Waals surface area contributed by atoms with Crippen LogP contribution < -0.4 is 0 Å². The van der Waals surface area contributed by atoms with Crippen molar-refractivity contribution in [2.24, 2.45) is 0 Å². The lowest BCUT2D eigenvalue weighted by molar-refractivity contribution is -0.0308. The van der Waals surface area contributed by atoms with E-state index in [0.717, 1.165) is 0 Å². The summed E-state index contributed by atoms with van der Waals surface area (Å²) in [4.78, 5) is 25.6. The molecule has 0 bridgehead atoms. The first-order valence-electron chi connectivity index (χ1n) is 7.65. The van der Waals surface area contributed by atoms with E-state index in [4.69, 9.17) is 0 Å². The Morgan fingerprint density at radius 3 is 1.83 bits per heavy atom. The van der Waals surface area contributed by atoms with Crippen LogP contribution in [0.5, 0.6) is 0 Å². The highest BCUT2D eigenvalue weighted by molar-refractivity contribution is 5.99. The van der Waals surface area contributed by atoms with Gasteiger partial charge in [0.1, 0.15) is 5.82 Å². The smallest absolute Gasteiger partial charge is 0.267 e. The summed E-state index contributed by atoms with van der Waals surface area (Å²) in [5, 5.41) is 2.69. The molecule has 4 nitrogen and oxygen atoms in total. The van der Waals surface area contributed by atoms with Gasteiger partial charge in [-0.2, -0.15) is 0 Å². The van der Waals surface area contributed by atoms with Gasteiger partial charge in [0.05, 0.1) is 5.54 Å². The van der Waals surface area contributed by atoms with Crippen molar-refractivity contribution in [3.8, 4) is 0 Å². The Morgan fingerprint density at radius 1 is 0.833 bits per heavy atom. The molecule has 0 atom stereocenters. The summed E-state index contributed by atoms with van der Waals surface area (Å²) < 4.78 is 13.1. The third-order valence-corrected chi connectivity index (χ3v) is 3.53. The summed E-state index contributed by atoms with van der Waals surface area (Å²) in [5.74, 6) is -1.07. The number of halogens is 1. The van der Waals surface area contributed by atoms with Crippen LogP contribution in [0.4, 0.5) is 4.39 Å². The number of amides is 2. The molecule has 0 heterocycles. The van der Waals surface area contributed by atoms with Gasteiger partial charge in [0.2, 0.25) is 0 Å². The SMILES string of the molecule is CN(C(=O)c1ccccc1)N(C(=O)c1ccc(F)cc1)C(C)(C)C. The van der Waals surface area contributed by atoms with Gasteiger partial charge in [0.15, 0.2) is 0 Å². The second kappa shape index (κ2) is 6.83. The Labute approximate surface area is 141 Å². The number of hydrogen-bond donors (Lipinski definition) is 0. The zero-order valence-corrected chi connectivity index (χ0v) is 14.3. The number of hydrogen-bond acceptors (Lipinski definition) is 2. The molecule has 0 aliphatic heterocycles. The van der Waals surface area contributed by atoms with Crippen molar-refractivity contribution in [2.75, 3.05) is 7.05 Å². The van der Waals surface area contributed by atoms with Crippen LogP contribution in [0.25, 0.3) is 0 Å². The van der Waals surface area contributed by atoms with Gasteiger partial charge in [-0.15, -0.1) is 0 Å². The third kappa shape index (κ3) is 3.79. The molecule has 2 amide bonds. The third-order valence-electron chi connectivity index (χ3n) is 3.53. The molecule has 2 aromatic rings. The van der Waals surface area contributed by atoms with Crippen molar-refractivity contribution in [1.29, 1.82) is 0 Å². The van der Waals surface area contributed by atoms with E-state index in [0.29, 0.717) is 11.1 Å². The fourth-order valence-corrected chi connectivity index (χ4v) is 2.46. The largest absolute Gasteiger partial charge is 0.272 e. The molecule has 2 aromatic carbocycles. The maximum absolute atomic E-state index is 13.1. The number of carbonyl (C=O) groups is 2. The van der Waals surface area contributed by atoms with Crippen molar-refractivity contribution >= 4 is 11.8 Å². The highest BCUT2D eigenvalue weighted by Gasteiger charge is 2.33. The minimum Gasteiger partial charge on any atom is -0.267 e. The molecule has 0 aromatic heterocycles. The Kier molecular flexibility index (Phi) is 5.02. The second-order valence-corrected chi connectivity index (χ2v) is 6.49. The molecule has 0 radical (unpaired) electrons. The Balaban J connectivity index is 2.36. The molecule has 126 valence electrons. The zero-order chi connectivity index (χ0) is 17.9. The number of benzene rings is 2. The van der Waals surface area contributed by atoms with E-state index in [2.05, 4.69) is 0 Å². The average Bonchev–Trinajstić information content (AvgIpc) is 2.54. The maximum Gasteiger partial charge on any atom is 0.272 e. The lowest BCUT2D eigenvalue weighted by atomic mass is 10.1. The van der Waals surface area contributed by atoms with Crippen molar-refractivity contribution in [2.45, 2.75) is 26.3 Å². The number of hydrazine groups is 1. The predicted molar refractivity (Wildman–Crippen MR) is 90.9 cm³/mol. The summed E-state index contributed by atoms with van der Waals surface area (Å²) >= 11 is 0. The molecule has 24 heavy (non-hydrogen) atoms. The zero-order valence-electron chi connectivity index (χ0n) is 14.3. The van der Waals surface area contributed by atoms with E-state index in [1.807, 2.05) is 26.8 Å². The highest BCUT2D eigenvalue weighted by atomic mass is 19.1. The summed E-state index contributed by atoms with van der Waals surface area (Å²) in [6, 6.07) is 14.0. The van der Waals surface area contributed by atoms with Gasteiger partial charge >= 0.3 is 0 Å². The van der Waals surface area contributed by atoms with E-state index in [9.17, 15) is 14.0 Å². The molecule has 0 aliphatic rings. The molecule has 0 aliphatic carbocycles. The van der Waals surface area contributed by atoms with Crippen LogP contribution in [-0.2, 0) is 0 Å². The first-order chi connectivity index (χ1) is 11.2. The number of nitrogens with zero attached hydrogens (tertiary/aromatic N) is 2. The fraction of sp³-hybridized carbons (Fsp3) is 0.263. The minimum atomic E-state index is -0.634. The van der Waals surface area contributed by atoms with Crippen LogP contribution in [0.1, 0.15) is 41.5 Å². The molecular weight excluding hydrogens is 307 g/mol. The molecule has 2 rings (SSSR count). The fourth-order valence-electron chi connectivity index (χ4n) is 2.46. The molecule has 5 heteroatoms. The average molecular weight is 328 g/mol. The maximum atomic E-state index is 13.1. The Bertz CT molecular complexity index is 721. The monoisotopic (exact) mass is 328 g/mol. The van der Waals surface area contributed by atoms with Gasteiger partial charge in [0, 0.05) is 18.2 Å². The molecule has 0 saturated heterocycles. The predicted octanol–water partition coefficient (Wildman–Crippen LogP) is 3.75. The lowest BCUT2D eigenvalue weighted by Crippen LogP contribution is -2.56. The van der Waals surface area contributed by atoms with Crippen LogP contribution in [0.2, 0.25) is 0 Å². The molecule has 0 N–H and O–H groups in total. The molecular formula is C19H21FN2O2. The van der Waals surface area contributed by atoms with Gasteiger partial charge < -0.3 is 0 Å². The van der Waals surface area contributed by atoms with Crippen molar-refractivity contribution < 1.29 is 14.0 Å². The van der Waals surface area contributed by atoms with Crippen molar-refractivity contribution in [3.05, 3.63) is 71.5 Å². The first kappa shape index (κ1) is 17.7. The van der Waals surface area contributed by atoms with E-state index in [1.165, 1.54) is 34.3 Å². The van der Waals surface area contributed by atoms with Crippen LogP contribution >= 0.6 is 0 Å². The van der Waals surface area contributed by atoms with Gasteiger partial charge in [-0.3, -0.25) is 9.59 Å². The highest BCUT2D eigenvalue weighted by Crippen LogP contribution is 2.21.